The van der Waals surface area contributed by atoms with Crippen molar-refractivity contribution >= 4 is 17.6 Å². The Labute approximate surface area is 199 Å². The average molecular weight is 463 g/mol. The number of nitrogens with zero attached hydrogens (tertiary/aromatic N) is 3. The van der Waals surface area contributed by atoms with Gasteiger partial charge in [0.05, 0.1) is 24.6 Å². The molecule has 0 radical (unpaired) electrons. The van der Waals surface area contributed by atoms with Crippen molar-refractivity contribution in [3.05, 3.63) is 66.1 Å². The highest BCUT2D eigenvalue weighted by Crippen LogP contribution is 2.22. The summed E-state index contributed by atoms with van der Waals surface area (Å²) >= 11 is 0. The maximum atomic E-state index is 12.9. The lowest BCUT2D eigenvalue weighted by molar-refractivity contribution is -0.121. The van der Waals surface area contributed by atoms with E-state index in [9.17, 15) is 9.59 Å². The topological polar surface area (TPSA) is 97.6 Å². The molecule has 0 spiro atoms. The first-order valence-electron chi connectivity index (χ1n) is 11.8. The molecule has 8 nitrogen and oxygen atoms in total. The molecule has 1 aliphatic rings. The highest BCUT2D eigenvalue weighted by molar-refractivity contribution is 5.94. The molecule has 0 saturated carbocycles. The number of ether oxygens (including phenoxy) is 1. The van der Waals surface area contributed by atoms with Crippen molar-refractivity contribution in [2.24, 2.45) is 5.92 Å². The fourth-order valence-corrected chi connectivity index (χ4v) is 3.95. The molecule has 1 amide bonds. The van der Waals surface area contributed by atoms with Crippen molar-refractivity contribution in [2.75, 3.05) is 25.0 Å². The Bertz CT molecular complexity index is 1080. The van der Waals surface area contributed by atoms with Crippen molar-refractivity contribution < 1.29 is 18.8 Å². The second-order valence-corrected chi connectivity index (χ2v) is 8.51. The van der Waals surface area contributed by atoms with Crippen LogP contribution in [0.25, 0.3) is 11.4 Å². The van der Waals surface area contributed by atoms with Crippen LogP contribution in [-0.4, -0.2) is 46.6 Å². The van der Waals surface area contributed by atoms with Gasteiger partial charge in [-0.2, -0.15) is 4.98 Å². The fourth-order valence-electron chi connectivity index (χ4n) is 3.95. The maximum absolute atomic E-state index is 12.9. The molecule has 1 aromatic heterocycles. The summed E-state index contributed by atoms with van der Waals surface area (Å²) in [6.07, 6.45) is 3.56. The Morgan fingerprint density at radius 2 is 1.94 bits per heavy atom. The number of carbonyl (C=O) groups is 2. The minimum atomic E-state index is -0.342. The van der Waals surface area contributed by atoms with Crippen molar-refractivity contribution in [3.63, 3.8) is 0 Å². The highest BCUT2D eigenvalue weighted by Gasteiger charge is 2.27. The van der Waals surface area contributed by atoms with Crippen molar-refractivity contribution in [2.45, 2.75) is 39.2 Å². The Kier molecular flexibility index (Phi) is 8.04. The second kappa shape index (κ2) is 11.6. The summed E-state index contributed by atoms with van der Waals surface area (Å²) in [5, 5.41) is 7.05. The van der Waals surface area contributed by atoms with Crippen LogP contribution >= 0.6 is 0 Å². The zero-order valence-corrected chi connectivity index (χ0v) is 19.4. The minimum absolute atomic E-state index is 0.0292. The molecular formula is C26H30N4O4. The van der Waals surface area contributed by atoms with E-state index in [1.54, 1.807) is 24.3 Å². The number of amides is 1. The van der Waals surface area contributed by atoms with E-state index in [2.05, 4.69) is 20.4 Å². The normalized spacial score (nSPS) is 16.2. The molecule has 2 heterocycles. The smallest absolute Gasteiger partial charge is 0.338 e. The zero-order chi connectivity index (χ0) is 23.8. The number of hydrogen-bond donors (Lipinski definition) is 1. The van der Waals surface area contributed by atoms with E-state index in [1.165, 1.54) is 0 Å². The summed E-state index contributed by atoms with van der Waals surface area (Å²) in [5.41, 5.74) is 2.05. The zero-order valence-electron chi connectivity index (χ0n) is 19.4. The van der Waals surface area contributed by atoms with E-state index in [4.69, 9.17) is 9.26 Å². The molecule has 1 fully saturated rings. The maximum Gasteiger partial charge on any atom is 0.338 e. The van der Waals surface area contributed by atoms with E-state index in [-0.39, 0.29) is 17.8 Å². The fraction of sp³-hybridized carbons (Fsp3) is 0.385. The van der Waals surface area contributed by atoms with Crippen molar-refractivity contribution in [1.29, 1.82) is 0 Å². The van der Waals surface area contributed by atoms with E-state index >= 15 is 0 Å². The molecule has 1 N–H and O–H groups in total. The summed E-state index contributed by atoms with van der Waals surface area (Å²) in [6.45, 7) is 4.48. The van der Waals surface area contributed by atoms with E-state index in [1.807, 2.05) is 37.3 Å². The largest absolute Gasteiger partial charge is 0.462 e. The van der Waals surface area contributed by atoms with Gasteiger partial charge in [0.2, 0.25) is 17.6 Å². The monoisotopic (exact) mass is 462 g/mol. The first-order valence-corrected chi connectivity index (χ1v) is 11.8. The van der Waals surface area contributed by atoms with Gasteiger partial charge in [-0.25, -0.2) is 4.79 Å². The van der Waals surface area contributed by atoms with E-state index < -0.39 is 0 Å². The van der Waals surface area contributed by atoms with Gasteiger partial charge in [0.15, 0.2) is 0 Å². The number of likely N-dealkylation sites (tertiary alicyclic amines) is 1. The number of nitrogens with one attached hydrogen (secondary N) is 1. The SMILES string of the molecule is CCCCOC(=O)c1ccc(NC(=O)C2CCCN(Cc3nc(-c4ccccc4)no3)C2)cc1. The van der Waals surface area contributed by atoms with Gasteiger partial charge in [-0.05, 0) is 50.1 Å². The predicted octanol–water partition coefficient (Wildman–Crippen LogP) is 4.54. The number of esters is 1. The molecule has 4 rings (SSSR count). The molecule has 178 valence electrons. The van der Waals surface area contributed by atoms with Gasteiger partial charge < -0.3 is 14.6 Å². The lowest BCUT2D eigenvalue weighted by Gasteiger charge is -2.30. The van der Waals surface area contributed by atoms with Gasteiger partial charge in [-0.1, -0.05) is 48.8 Å². The first kappa shape index (κ1) is 23.6. The lowest BCUT2D eigenvalue weighted by atomic mass is 9.97. The lowest BCUT2D eigenvalue weighted by Crippen LogP contribution is -2.40. The van der Waals surface area contributed by atoms with Gasteiger partial charge >= 0.3 is 5.97 Å². The number of piperidine rings is 1. The van der Waals surface area contributed by atoms with E-state index in [0.717, 1.165) is 37.8 Å². The number of anilines is 1. The first-order chi connectivity index (χ1) is 16.6. The van der Waals surface area contributed by atoms with Gasteiger partial charge in [0, 0.05) is 17.8 Å². The minimum Gasteiger partial charge on any atom is -0.462 e. The number of hydrogen-bond acceptors (Lipinski definition) is 7. The molecule has 3 aromatic rings. The Balaban J connectivity index is 1.29. The number of carbonyl (C=O) groups excluding carboxylic acids is 2. The number of benzene rings is 2. The third-order valence-electron chi connectivity index (χ3n) is 5.85. The van der Waals surface area contributed by atoms with Crippen LogP contribution in [0.3, 0.4) is 0 Å². The van der Waals surface area contributed by atoms with Crippen molar-refractivity contribution in [1.82, 2.24) is 15.0 Å². The summed E-state index contributed by atoms with van der Waals surface area (Å²) < 4.78 is 10.7. The summed E-state index contributed by atoms with van der Waals surface area (Å²) in [6, 6.07) is 16.5. The molecule has 1 aliphatic heterocycles. The van der Waals surface area contributed by atoms with Crippen LogP contribution in [0.1, 0.15) is 48.9 Å². The standard InChI is InChI=1S/C26H30N4O4/c1-2-3-16-33-26(32)20-11-13-22(14-12-20)27-25(31)21-10-7-15-30(17-21)18-23-28-24(29-34-23)19-8-5-4-6-9-19/h4-6,8-9,11-14,21H,2-3,7,10,15-18H2,1H3,(H,27,31). The molecule has 0 aliphatic carbocycles. The summed E-state index contributed by atoms with van der Waals surface area (Å²) in [4.78, 5) is 31.6. The van der Waals surface area contributed by atoms with Gasteiger partial charge in [0.1, 0.15) is 0 Å². The van der Waals surface area contributed by atoms with Crippen LogP contribution in [0, 0.1) is 5.92 Å². The van der Waals surface area contributed by atoms with Crippen LogP contribution in [0.2, 0.25) is 0 Å². The second-order valence-electron chi connectivity index (χ2n) is 8.51. The van der Waals surface area contributed by atoms with Gasteiger partial charge in [-0.3, -0.25) is 9.69 Å². The predicted molar refractivity (Wildman–Crippen MR) is 128 cm³/mol. The number of unbranched alkanes of at least 4 members (excludes halogenated alkanes) is 1. The molecule has 0 bridgehead atoms. The highest BCUT2D eigenvalue weighted by atomic mass is 16.5. The third-order valence-corrected chi connectivity index (χ3v) is 5.85. The molecule has 1 saturated heterocycles. The third kappa shape index (κ3) is 6.29. The van der Waals surface area contributed by atoms with Gasteiger partial charge in [0.25, 0.3) is 0 Å². The molecule has 34 heavy (non-hydrogen) atoms. The Hall–Kier alpha value is -3.52. The van der Waals surface area contributed by atoms with Crippen LogP contribution in [0.4, 0.5) is 5.69 Å². The average Bonchev–Trinajstić information content (AvgIpc) is 3.34. The van der Waals surface area contributed by atoms with Crippen LogP contribution in [0.5, 0.6) is 0 Å². The summed E-state index contributed by atoms with van der Waals surface area (Å²) in [5.74, 6) is 0.606. The quantitative estimate of drug-likeness (QED) is 0.368. The molecule has 1 atom stereocenters. The number of aromatic nitrogens is 2. The molecule has 8 heteroatoms. The van der Waals surface area contributed by atoms with Crippen LogP contribution in [-0.2, 0) is 16.1 Å². The van der Waals surface area contributed by atoms with Crippen LogP contribution < -0.4 is 5.32 Å². The Morgan fingerprint density at radius 3 is 2.71 bits per heavy atom. The summed E-state index contributed by atoms with van der Waals surface area (Å²) in [7, 11) is 0. The van der Waals surface area contributed by atoms with Crippen LogP contribution in [0.15, 0.2) is 59.1 Å². The molecule has 1 unspecified atom stereocenters. The van der Waals surface area contributed by atoms with Crippen molar-refractivity contribution in [3.8, 4) is 11.4 Å². The van der Waals surface area contributed by atoms with E-state index in [0.29, 0.717) is 42.7 Å². The Morgan fingerprint density at radius 1 is 1.15 bits per heavy atom. The molecular weight excluding hydrogens is 432 g/mol. The van der Waals surface area contributed by atoms with Gasteiger partial charge in [-0.15, -0.1) is 0 Å². The molecule has 2 aromatic carbocycles. The number of rotatable bonds is 9.